The van der Waals surface area contributed by atoms with Crippen molar-refractivity contribution in [1.29, 1.82) is 0 Å². The normalized spacial score (nSPS) is 14.5. The highest BCUT2D eigenvalue weighted by atomic mass is 32.2. The van der Waals surface area contributed by atoms with Gasteiger partial charge in [0.05, 0.1) is 11.5 Å². The number of pyridine rings is 1. The third-order valence-corrected chi connectivity index (χ3v) is 6.34. The molecule has 0 amide bonds. The zero-order chi connectivity index (χ0) is 23.3. The van der Waals surface area contributed by atoms with E-state index in [1.807, 2.05) is 0 Å². The van der Waals surface area contributed by atoms with E-state index < -0.39 is 27.5 Å². The van der Waals surface area contributed by atoms with Gasteiger partial charge in [0.2, 0.25) is 0 Å². The highest BCUT2D eigenvalue weighted by Crippen LogP contribution is 2.39. The number of ether oxygens (including phenoxy) is 2. The molecular weight excluding hydrogens is 447 g/mol. The van der Waals surface area contributed by atoms with Crippen LogP contribution in [0.15, 0.2) is 52.3 Å². The summed E-state index contributed by atoms with van der Waals surface area (Å²) < 4.78 is 73.8. The van der Waals surface area contributed by atoms with E-state index in [0.717, 1.165) is 31.2 Å². The fourth-order valence-electron chi connectivity index (χ4n) is 3.42. The summed E-state index contributed by atoms with van der Waals surface area (Å²) in [5.74, 6) is 0.312. The van der Waals surface area contributed by atoms with Crippen molar-refractivity contribution < 1.29 is 31.1 Å². The van der Waals surface area contributed by atoms with Gasteiger partial charge in [-0.3, -0.25) is 4.79 Å². The van der Waals surface area contributed by atoms with Crippen LogP contribution in [-0.4, -0.2) is 32.2 Å². The van der Waals surface area contributed by atoms with E-state index in [4.69, 9.17) is 4.74 Å². The van der Waals surface area contributed by atoms with Crippen molar-refractivity contribution in [2.75, 3.05) is 12.9 Å². The Hall–Kier alpha value is -3.01. The van der Waals surface area contributed by atoms with Crippen molar-refractivity contribution >= 4 is 20.6 Å². The van der Waals surface area contributed by atoms with Crippen LogP contribution in [0, 0.1) is 5.92 Å². The summed E-state index contributed by atoms with van der Waals surface area (Å²) in [4.78, 5) is 12.6. The van der Waals surface area contributed by atoms with Crippen LogP contribution in [0.4, 0.5) is 13.2 Å². The SMILES string of the molecule is Cn1cc(-c2cc(S(C)(=O)=O)ccc2OCC2CC2)c2cc(OC(F)(F)F)ccc2c1=O. The maximum Gasteiger partial charge on any atom is 0.573 e. The van der Waals surface area contributed by atoms with E-state index in [-0.39, 0.29) is 15.7 Å². The van der Waals surface area contributed by atoms with Gasteiger partial charge in [0.1, 0.15) is 11.5 Å². The molecule has 1 aliphatic carbocycles. The molecular formula is C22H20F3NO5S. The van der Waals surface area contributed by atoms with Gasteiger partial charge in [-0.2, -0.15) is 0 Å². The lowest BCUT2D eigenvalue weighted by atomic mass is 9.99. The van der Waals surface area contributed by atoms with Crippen molar-refractivity contribution in [2.24, 2.45) is 13.0 Å². The summed E-state index contributed by atoms with van der Waals surface area (Å²) in [5, 5.41) is 0.356. The second-order valence-corrected chi connectivity index (χ2v) is 9.91. The number of sulfone groups is 1. The zero-order valence-electron chi connectivity index (χ0n) is 17.3. The monoisotopic (exact) mass is 467 g/mol. The van der Waals surface area contributed by atoms with Crippen LogP contribution in [0.2, 0.25) is 0 Å². The molecule has 10 heteroatoms. The standard InChI is InChI=1S/C22H20F3NO5S/c1-26-11-19(17-9-14(31-22(23,24)25)5-7-16(17)21(26)27)18-10-15(32(2,28)29)6-8-20(18)30-12-13-3-4-13/h5-11,13H,3-4,12H2,1-2H3. The fraction of sp³-hybridized carbons (Fsp3) is 0.318. The van der Waals surface area contributed by atoms with Gasteiger partial charge < -0.3 is 14.0 Å². The van der Waals surface area contributed by atoms with Gasteiger partial charge in [0.25, 0.3) is 5.56 Å². The number of halogens is 3. The lowest BCUT2D eigenvalue weighted by molar-refractivity contribution is -0.274. The van der Waals surface area contributed by atoms with E-state index in [9.17, 15) is 26.4 Å². The van der Waals surface area contributed by atoms with E-state index in [2.05, 4.69) is 4.74 Å². The van der Waals surface area contributed by atoms with Crippen LogP contribution < -0.4 is 15.0 Å². The van der Waals surface area contributed by atoms with Gasteiger partial charge in [0.15, 0.2) is 9.84 Å². The number of fused-ring (bicyclic) bond motifs is 1. The Labute approximate surface area is 182 Å². The Bertz CT molecular complexity index is 1360. The Balaban J connectivity index is 1.96. The summed E-state index contributed by atoms with van der Waals surface area (Å²) in [7, 11) is -2.06. The van der Waals surface area contributed by atoms with Crippen molar-refractivity contribution in [1.82, 2.24) is 4.57 Å². The predicted octanol–water partition coefficient (Wildman–Crippen LogP) is 4.30. The van der Waals surface area contributed by atoms with Gasteiger partial charge >= 0.3 is 6.36 Å². The number of aryl methyl sites for hydroxylation is 1. The number of alkyl halides is 3. The summed E-state index contributed by atoms with van der Waals surface area (Å²) in [5.41, 5.74) is 0.298. The Morgan fingerprint density at radius 3 is 2.41 bits per heavy atom. The van der Waals surface area contributed by atoms with Crippen molar-refractivity contribution in [2.45, 2.75) is 24.1 Å². The molecule has 0 bridgehead atoms. The first-order valence-corrected chi connectivity index (χ1v) is 11.7. The molecule has 1 aromatic heterocycles. The smallest absolute Gasteiger partial charge is 0.493 e. The van der Waals surface area contributed by atoms with Crippen LogP contribution in [0.3, 0.4) is 0 Å². The van der Waals surface area contributed by atoms with E-state index >= 15 is 0 Å². The molecule has 0 aliphatic heterocycles. The summed E-state index contributed by atoms with van der Waals surface area (Å²) in [6.07, 6.45) is -0.309. The summed E-state index contributed by atoms with van der Waals surface area (Å²) in [6, 6.07) is 7.81. The van der Waals surface area contributed by atoms with E-state index in [1.54, 1.807) is 0 Å². The van der Waals surface area contributed by atoms with Gasteiger partial charge in [-0.05, 0) is 55.2 Å². The largest absolute Gasteiger partial charge is 0.573 e. The third kappa shape index (κ3) is 4.74. The number of nitrogens with zero attached hydrogens (tertiary/aromatic N) is 1. The van der Waals surface area contributed by atoms with E-state index in [0.29, 0.717) is 29.4 Å². The van der Waals surface area contributed by atoms with Crippen molar-refractivity contribution in [3.05, 3.63) is 52.9 Å². The Morgan fingerprint density at radius 1 is 1.06 bits per heavy atom. The first-order valence-electron chi connectivity index (χ1n) is 9.79. The van der Waals surface area contributed by atoms with Gasteiger partial charge in [0, 0.05) is 41.4 Å². The number of aromatic nitrogens is 1. The highest BCUT2D eigenvalue weighted by Gasteiger charge is 2.31. The average Bonchev–Trinajstić information content (AvgIpc) is 3.51. The molecule has 1 heterocycles. The van der Waals surface area contributed by atoms with Crippen LogP contribution in [0.25, 0.3) is 21.9 Å². The fourth-order valence-corrected chi connectivity index (χ4v) is 4.07. The first kappa shape index (κ1) is 22.2. The lowest BCUT2D eigenvalue weighted by Crippen LogP contribution is -2.18. The highest BCUT2D eigenvalue weighted by molar-refractivity contribution is 7.90. The zero-order valence-corrected chi connectivity index (χ0v) is 18.1. The van der Waals surface area contributed by atoms with Crippen LogP contribution >= 0.6 is 0 Å². The number of hydrogen-bond acceptors (Lipinski definition) is 5. The second-order valence-electron chi connectivity index (χ2n) is 7.90. The van der Waals surface area contributed by atoms with Crippen LogP contribution in [0.5, 0.6) is 11.5 Å². The predicted molar refractivity (Wildman–Crippen MR) is 113 cm³/mol. The molecule has 32 heavy (non-hydrogen) atoms. The van der Waals surface area contributed by atoms with Crippen LogP contribution in [0.1, 0.15) is 12.8 Å². The third-order valence-electron chi connectivity index (χ3n) is 5.23. The number of rotatable bonds is 6. The quantitative estimate of drug-likeness (QED) is 0.541. The minimum absolute atomic E-state index is 0.0240. The molecule has 0 unspecified atom stereocenters. The maximum atomic E-state index is 12.8. The molecule has 0 saturated heterocycles. The first-order chi connectivity index (χ1) is 14.9. The molecule has 0 spiro atoms. The molecule has 1 saturated carbocycles. The Kier molecular flexibility index (Phi) is 5.44. The molecule has 3 aromatic rings. The molecule has 6 nitrogen and oxygen atoms in total. The Morgan fingerprint density at radius 2 is 1.78 bits per heavy atom. The van der Waals surface area contributed by atoms with Gasteiger partial charge in [-0.1, -0.05) is 0 Å². The number of benzene rings is 2. The molecule has 0 radical (unpaired) electrons. The summed E-state index contributed by atoms with van der Waals surface area (Å²) >= 11 is 0. The number of hydrogen-bond donors (Lipinski definition) is 0. The molecule has 2 aromatic carbocycles. The molecule has 170 valence electrons. The average molecular weight is 467 g/mol. The molecule has 1 fully saturated rings. The van der Waals surface area contributed by atoms with Crippen molar-refractivity contribution in [3.63, 3.8) is 0 Å². The lowest BCUT2D eigenvalue weighted by Gasteiger charge is -2.17. The van der Waals surface area contributed by atoms with E-state index in [1.165, 1.54) is 42.1 Å². The summed E-state index contributed by atoms with van der Waals surface area (Å²) in [6.45, 7) is 0.442. The topological polar surface area (TPSA) is 74.6 Å². The van der Waals surface area contributed by atoms with Crippen LogP contribution in [-0.2, 0) is 16.9 Å². The van der Waals surface area contributed by atoms with Crippen molar-refractivity contribution in [3.8, 4) is 22.6 Å². The van der Waals surface area contributed by atoms with Gasteiger partial charge in [-0.25, -0.2) is 8.42 Å². The molecule has 1 aliphatic rings. The minimum Gasteiger partial charge on any atom is -0.493 e. The minimum atomic E-state index is -4.90. The molecule has 0 atom stereocenters. The maximum absolute atomic E-state index is 12.8. The molecule has 4 rings (SSSR count). The van der Waals surface area contributed by atoms with Gasteiger partial charge in [-0.15, -0.1) is 13.2 Å². The second kappa shape index (κ2) is 7.84. The molecule has 0 N–H and O–H groups in total.